The summed E-state index contributed by atoms with van der Waals surface area (Å²) in [7, 11) is 1.79. The molecule has 0 bridgehead atoms. The van der Waals surface area contributed by atoms with E-state index in [1.54, 1.807) is 17.3 Å². The number of rotatable bonds is 3. The summed E-state index contributed by atoms with van der Waals surface area (Å²) in [5, 5.41) is 2.70. The molecule has 0 spiro atoms. The van der Waals surface area contributed by atoms with E-state index in [1.165, 1.54) is 11.3 Å². The molecule has 3 nitrogen and oxygen atoms in total. The van der Waals surface area contributed by atoms with E-state index < -0.39 is 0 Å². The number of benzene rings is 2. The second-order valence-electron chi connectivity index (χ2n) is 5.00. The highest BCUT2D eigenvalue weighted by molar-refractivity contribution is 7.09. The number of aryl methyl sites for hydroxylation is 1. The van der Waals surface area contributed by atoms with Gasteiger partial charge in [-0.25, -0.2) is 4.98 Å². The molecule has 1 aromatic heterocycles. The van der Waals surface area contributed by atoms with Crippen molar-refractivity contribution < 1.29 is 4.79 Å². The summed E-state index contributed by atoms with van der Waals surface area (Å²) in [5.74, 6) is -0.0901. The third kappa shape index (κ3) is 2.78. The Morgan fingerprint density at radius 3 is 2.41 bits per heavy atom. The topological polar surface area (TPSA) is 33.2 Å². The van der Waals surface area contributed by atoms with Gasteiger partial charge in [-0.05, 0) is 18.6 Å². The molecule has 0 N–H and O–H groups in total. The van der Waals surface area contributed by atoms with Crippen LogP contribution in [0.4, 0.5) is 5.69 Å². The van der Waals surface area contributed by atoms with Crippen LogP contribution >= 0.6 is 11.3 Å². The van der Waals surface area contributed by atoms with Crippen LogP contribution in [0.25, 0.3) is 11.1 Å². The zero-order chi connectivity index (χ0) is 15.5. The molecular weight excluding hydrogens is 292 g/mol. The summed E-state index contributed by atoms with van der Waals surface area (Å²) in [6.45, 7) is 1.90. The molecule has 0 radical (unpaired) electrons. The van der Waals surface area contributed by atoms with Crippen molar-refractivity contribution >= 4 is 22.9 Å². The van der Waals surface area contributed by atoms with Gasteiger partial charge in [0.05, 0.1) is 10.7 Å². The average molecular weight is 308 g/mol. The first kappa shape index (κ1) is 14.5. The summed E-state index contributed by atoms with van der Waals surface area (Å²) in [6.07, 6.45) is 0. The maximum Gasteiger partial charge on any atom is 0.277 e. The highest BCUT2D eigenvalue weighted by atomic mass is 32.1. The number of carbonyl (C=O) groups excluding carboxylic acids is 1. The zero-order valence-electron chi connectivity index (χ0n) is 12.5. The molecule has 1 amide bonds. The van der Waals surface area contributed by atoms with Gasteiger partial charge < -0.3 is 4.90 Å². The number of hydrogen-bond acceptors (Lipinski definition) is 3. The molecule has 0 fully saturated rings. The van der Waals surface area contributed by atoms with Crippen LogP contribution in [-0.4, -0.2) is 17.9 Å². The summed E-state index contributed by atoms with van der Waals surface area (Å²) in [6, 6.07) is 18.0. The third-order valence-corrected chi connectivity index (χ3v) is 4.27. The molecule has 0 aliphatic carbocycles. The zero-order valence-corrected chi connectivity index (χ0v) is 13.3. The van der Waals surface area contributed by atoms with E-state index in [2.05, 4.69) is 4.98 Å². The fourth-order valence-corrected chi connectivity index (χ4v) is 2.96. The van der Waals surface area contributed by atoms with Crippen molar-refractivity contribution in [3.63, 3.8) is 0 Å². The van der Waals surface area contributed by atoms with Gasteiger partial charge in [0.25, 0.3) is 5.91 Å². The van der Waals surface area contributed by atoms with E-state index in [0.29, 0.717) is 5.69 Å². The van der Waals surface area contributed by atoms with E-state index >= 15 is 0 Å². The van der Waals surface area contributed by atoms with Gasteiger partial charge in [0.1, 0.15) is 5.69 Å². The van der Waals surface area contributed by atoms with Crippen molar-refractivity contribution in [3.8, 4) is 11.1 Å². The molecule has 110 valence electrons. The van der Waals surface area contributed by atoms with Crippen LogP contribution < -0.4 is 4.90 Å². The average Bonchev–Trinajstić information content (AvgIpc) is 3.01. The van der Waals surface area contributed by atoms with Gasteiger partial charge in [-0.2, -0.15) is 0 Å². The lowest BCUT2D eigenvalue weighted by Crippen LogP contribution is -2.27. The summed E-state index contributed by atoms with van der Waals surface area (Å²) in [5.41, 5.74) is 3.50. The Kier molecular flexibility index (Phi) is 4.02. The Morgan fingerprint density at radius 1 is 1.05 bits per heavy atom. The normalized spacial score (nSPS) is 10.5. The largest absolute Gasteiger partial charge is 0.309 e. The van der Waals surface area contributed by atoms with Crippen LogP contribution in [0.5, 0.6) is 0 Å². The van der Waals surface area contributed by atoms with E-state index in [4.69, 9.17) is 0 Å². The minimum Gasteiger partial charge on any atom is -0.309 e. The Labute approximate surface area is 133 Å². The quantitative estimate of drug-likeness (QED) is 0.718. The van der Waals surface area contributed by atoms with Crippen molar-refractivity contribution in [2.45, 2.75) is 6.92 Å². The van der Waals surface area contributed by atoms with E-state index in [1.807, 2.05) is 61.5 Å². The molecule has 1 heterocycles. The van der Waals surface area contributed by atoms with Crippen LogP contribution in [0.2, 0.25) is 0 Å². The molecule has 4 heteroatoms. The smallest absolute Gasteiger partial charge is 0.277 e. The summed E-state index contributed by atoms with van der Waals surface area (Å²) >= 11 is 1.49. The van der Waals surface area contributed by atoms with E-state index in [0.717, 1.165) is 21.8 Å². The van der Waals surface area contributed by atoms with Crippen LogP contribution in [-0.2, 0) is 0 Å². The standard InChI is InChI=1S/C18H16N2OS/c1-13-19-16(12-22-13)18(21)20(2)17-11-7-6-10-15(17)14-8-4-3-5-9-14/h3-12H,1-2H3. The van der Waals surface area contributed by atoms with Crippen molar-refractivity contribution in [3.05, 3.63) is 70.7 Å². The number of nitrogens with zero attached hydrogens (tertiary/aromatic N) is 2. The van der Waals surface area contributed by atoms with Gasteiger partial charge in [0.2, 0.25) is 0 Å². The van der Waals surface area contributed by atoms with Crippen molar-refractivity contribution in [1.29, 1.82) is 0 Å². The SMILES string of the molecule is Cc1nc(C(=O)N(C)c2ccccc2-c2ccccc2)cs1. The second-order valence-corrected chi connectivity index (χ2v) is 6.06. The molecule has 3 rings (SSSR count). The highest BCUT2D eigenvalue weighted by Gasteiger charge is 2.18. The van der Waals surface area contributed by atoms with Gasteiger partial charge in [0.15, 0.2) is 0 Å². The number of carbonyl (C=O) groups is 1. The second kappa shape index (κ2) is 6.12. The van der Waals surface area contributed by atoms with Crippen LogP contribution in [0.15, 0.2) is 60.0 Å². The van der Waals surface area contributed by atoms with E-state index in [-0.39, 0.29) is 5.91 Å². The van der Waals surface area contributed by atoms with Gasteiger partial charge in [-0.1, -0.05) is 48.5 Å². The predicted octanol–water partition coefficient (Wildman–Crippen LogP) is 4.40. The maximum absolute atomic E-state index is 12.6. The Morgan fingerprint density at radius 2 is 1.73 bits per heavy atom. The van der Waals surface area contributed by atoms with Crippen LogP contribution in [0.3, 0.4) is 0 Å². The molecule has 2 aromatic carbocycles. The van der Waals surface area contributed by atoms with E-state index in [9.17, 15) is 4.79 Å². The fourth-order valence-electron chi connectivity index (χ4n) is 2.37. The van der Waals surface area contributed by atoms with Gasteiger partial charge in [-0.15, -0.1) is 11.3 Å². The van der Waals surface area contributed by atoms with Gasteiger partial charge >= 0.3 is 0 Å². The Balaban J connectivity index is 2.00. The summed E-state index contributed by atoms with van der Waals surface area (Å²) < 4.78 is 0. The number of hydrogen-bond donors (Lipinski definition) is 0. The van der Waals surface area contributed by atoms with Crippen LogP contribution in [0, 0.1) is 6.92 Å². The molecule has 0 saturated heterocycles. The minimum absolute atomic E-state index is 0.0901. The number of anilines is 1. The van der Waals surface area contributed by atoms with Gasteiger partial charge in [0, 0.05) is 18.0 Å². The molecular formula is C18H16N2OS. The monoisotopic (exact) mass is 308 g/mol. The number of amides is 1. The Hall–Kier alpha value is -2.46. The molecule has 0 saturated carbocycles. The Bertz CT molecular complexity index is 796. The van der Waals surface area contributed by atoms with Crippen molar-refractivity contribution in [2.75, 3.05) is 11.9 Å². The molecule has 0 aliphatic rings. The number of thiazole rings is 1. The molecule has 0 aliphatic heterocycles. The maximum atomic E-state index is 12.6. The number of para-hydroxylation sites is 1. The first-order valence-electron chi connectivity index (χ1n) is 7.01. The van der Waals surface area contributed by atoms with Gasteiger partial charge in [-0.3, -0.25) is 4.79 Å². The molecule has 3 aromatic rings. The lowest BCUT2D eigenvalue weighted by Gasteiger charge is -2.20. The van der Waals surface area contributed by atoms with Crippen molar-refractivity contribution in [1.82, 2.24) is 4.98 Å². The van der Waals surface area contributed by atoms with Crippen LogP contribution in [0.1, 0.15) is 15.5 Å². The summed E-state index contributed by atoms with van der Waals surface area (Å²) in [4.78, 5) is 18.6. The number of aromatic nitrogens is 1. The molecule has 0 atom stereocenters. The lowest BCUT2D eigenvalue weighted by molar-refractivity contribution is 0.0989. The fraction of sp³-hybridized carbons (Fsp3) is 0.111. The first-order valence-corrected chi connectivity index (χ1v) is 7.89. The molecule has 0 unspecified atom stereocenters. The van der Waals surface area contributed by atoms with Crippen molar-refractivity contribution in [2.24, 2.45) is 0 Å². The minimum atomic E-state index is -0.0901. The highest BCUT2D eigenvalue weighted by Crippen LogP contribution is 2.30. The predicted molar refractivity (Wildman–Crippen MR) is 91.5 cm³/mol. The first-order chi connectivity index (χ1) is 10.7. The molecule has 22 heavy (non-hydrogen) atoms. The lowest BCUT2D eigenvalue weighted by atomic mass is 10.0. The third-order valence-electron chi connectivity index (χ3n) is 3.49.